The van der Waals surface area contributed by atoms with Crippen LogP contribution in [0.3, 0.4) is 0 Å². The predicted molar refractivity (Wildman–Crippen MR) is 89.3 cm³/mol. The SMILES string of the molecule is CC(C[C]1C=Cc2cc3c(cc21)CCC3)c1ccccc1. The highest BCUT2D eigenvalue weighted by molar-refractivity contribution is 5.70. The molecule has 0 heterocycles. The summed E-state index contributed by atoms with van der Waals surface area (Å²) in [4.78, 5) is 0. The Kier molecular flexibility index (Phi) is 3.18. The molecule has 0 spiro atoms. The molecule has 0 saturated heterocycles. The molecule has 1 atom stereocenters. The number of allylic oxidation sites excluding steroid dienone is 1. The first-order chi connectivity index (χ1) is 10.3. The van der Waals surface area contributed by atoms with Gasteiger partial charge in [-0.05, 0) is 59.4 Å². The molecule has 0 aliphatic heterocycles. The van der Waals surface area contributed by atoms with E-state index in [0.29, 0.717) is 5.92 Å². The molecule has 0 fully saturated rings. The molecule has 0 amide bonds. The lowest BCUT2D eigenvalue weighted by Crippen LogP contribution is -2.02. The predicted octanol–water partition coefficient (Wildman–Crippen LogP) is 5.32. The number of aryl methyl sites for hydroxylation is 2. The first-order valence-electron chi connectivity index (χ1n) is 8.06. The average Bonchev–Trinajstić information content (AvgIpc) is 3.13. The smallest absolute Gasteiger partial charge is 0.0279 e. The van der Waals surface area contributed by atoms with E-state index in [1.807, 2.05) is 0 Å². The van der Waals surface area contributed by atoms with Gasteiger partial charge in [-0.15, -0.1) is 0 Å². The van der Waals surface area contributed by atoms with Gasteiger partial charge in [-0.2, -0.15) is 0 Å². The fourth-order valence-corrected chi connectivity index (χ4v) is 3.75. The number of hydrogen-bond acceptors (Lipinski definition) is 0. The van der Waals surface area contributed by atoms with Crippen molar-refractivity contribution in [2.45, 2.75) is 38.5 Å². The van der Waals surface area contributed by atoms with Gasteiger partial charge in [0.2, 0.25) is 0 Å². The molecule has 0 heteroatoms. The molecular weight excluding hydrogens is 252 g/mol. The van der Waals surface area contributed by atoms with Crippen LogP contribution in [0.25, 0.3) is 6.08 Å². The van der Waals surface area contributed by atoms with Crippen molar-refractivity contribution < 1.29 is 0 Å². The number of benzene rings is 2. The van der Waals surface area contributed by atoms with Crippen LogP contribution in [0, 0.1) is 5.92 Å². The summed E-state index contributed by atoms with van der Waals surface area (Å²) >= 11 is 0. The van der Waals surface area contributed by atoms with Crippen molar-refractivity contribution in [1.29, 1.82) is 0 Å². The third-order valence-corrected chi connectivity index (χ3v) is 4.97. The van der Waals surface area contributed by atoms with Gasteiger partial charge in [-0.25, -0.2) is 0 Å². The van der Waals surface area contributed by atoms with Gasteiger partial charge in [0, 0.05) is 5.92 Å². The van der Waals surface area contributed by atoms with Gasteiger partial charge in [0.1, 0.15) is 0 Å². The van der Waals surface area contributed by atoms with Crippen LogP contribution >= 0.6 is 0 Å². The van der Waals surface area contributed by atoms with Crippen LogP contribution in [0.2, 0.25) is 0 Å². The van der Waals surface area contributed by atoms with Crippen LogP contribution < -0.4 is 0 Å². The molecule has 0 nitrogen and oxygen atoms in total. The van der Waals surface area contributed by atoms with Gasteiger partial charge >= 0.3 is 0 Å². The summed E-state index contributed by atoms with van der Waals surface area (Å²) in [6, 6.07) is 15.8. The average molecular weight is 273 g/mol. The third-order valence-electron chi connectivity index (χ3n) is 4.97. The fraction of sp³-hybridized carbons (Fsp3) is 0.286. The Morgan fingerprint density at radius 3 is 2.52 bits per heavy atom. The number of hydrogen-bond donors (Lipinski definition) is 0. The lowest BCUT2D eigenvalue weighted by atomic mass is 9.86. The summed E-state index contributed by atoms with van der Waals surface area (Å²) in [5.41, 5.74) is 7.52. The maximum absolute atomic E-state index is 2.46. The monoisotopic (exact) mass is 273 g/mol. The fourth-order valence-electron chi connectivity index (χ4n) is 3.75. The summed E-state index contributed by atoms with van der Waals surface area (Å²) in [5.74, 6) is 2.08. The highest BCUT2D eigenvalue weighted by Crippen LogP contribution is 2.39. The second-order valence-corrected chi connectivity index (χ2v) is 6.44. The standard InChI is InChI=1S/C21H21/c1-15(16-6-3-2-4-7-16)12-19-10-11-20-13-17-8-5-9-18(17)14-21(19)20/h2-4,6-7,10-11,13-15H,5,8-9,12H2,1H3. The molecule has 0 saturated carbocycles. The summed E-state index contributed by atoms with van der Waals surface area (Å²) in [7, 11) is 0. The van der Waals surface area contributed by atoms with E-state index in [0.717, 1.165) is 6.42 Å². The molecule has 0 N–H and O–H groups in total. The van der Waals surface area contributed by atoms with Crippen LogP contribution in [0.4, 0.5) is 0 Å². The molecule has 0 bridgehead atoms. The molecule has 0 aromatic heterocycles. The normalized spacial score (nSPS) is 17.8. The largest absolute Gasteiger partial charge is 0.0721 e. The van der Waals surface area contributed by atoms with E-state index in [1.165, 1.54) is 41.9 Å². The lowest BCUT2D eigenvalue weighted by Gasteiger charge is -2.17. The molecule has 2 aliphatic carbocycles. The van der Waals surface area contributed by atoms with Crippen molar-refractivity contribution in [1.82, 2.24) is 0 Å². The lowest BCUT2D eigenvalue weighted by molar-refractivity contribution is 0.727. The van der Waals surface area contributed by atoms with Crippen molar-refractivity contribution in [2.24, 2.45) is 0 Å². The third kappa shape index (κ3) is 2.33. The number of rotatable bonds is 3. The Morgan fingerprint density at radius 1 is 0.952 bits per heavy atom. The van der Waals surface area contributed by atoms with E-state index < -0.39 is 0 Å². The molecule has 1 radical (unpaired) electrons. The van der Waals surface area contributed by atoms with Crippen molar-refractivity contribution >= 4 is 6.08 Å². The quantitative estimate of drug-likeness (QED) is 0.710. The van der Waals surface area contributed by atoms with Gasteiger partial charge in [0.25, 0.3) is 0 Å². The first kappa shape index (κ1) is 12.9. The highest BCUT2D eigenvalue weighted by atomic mass is 14.3. The first-order valence-corrected chi connectivity index (χ1v) is 8.06. The highest BCUT2D eigenvalue weighted by Gasteiger charge is 2.23. The van der Waals surface area contributed by atoms with E-state index in [-0.39, 0.29) is 0 Å². The zero-order valence-electron chi connectivity index (χ0n) is 12.6. The molecule has 2 aromatic rings. The van der Waals surface area contributed by atoms with E-state index >= 15 is 0 Å². The van der Waals surface area contributed by atoms with E-state index in [1.54, 1.807) is 11.1 Å². The van der Waals surface area contributed by atoms with Crippen molar-refractivity contribution in [3.8, 4) is 0 Å². The van der Waals surface area contributed by atoms with Crippen LogP contribution in [-0.4, -0.2) is 0 Å². The summed E-state index contributed by atoms with van der Waals surface area (Å²) < 4.78 is 0. The van der Waals surface area contributed by atoms with Crippen LogP contribution in [0.15, 0.2) is 48.5 Å². The Labute approximate surface area is 127 Å². The second-order valence-electron chi connectivity index (χ2n) is 6.44. The molecule has 1 unspecified atom stereocenters. The summed E-state index contributed by atoms with van der Waals surface area (Å²) in [6.45, 7) is 2.33. The van der Waals surface area contributed by atoms with Crippen LogP contribution in [0.1, 0.15) is 53.5 Å². The van der Waals surface area contributed by atoms with Crippen molar-refractivity contribution in [2.75, 3.05) is 0 Å². The molecule has 4 rings (SSSR count). The molecule has 21 heavy (non-hydrogen) atoms. The van der Waals surface area contributed by atoms with Gasteiger partial charge in [0.05, 0.1) is 0 Å². The van der Waals surface area contributed by atoms with Gasteiger partial charge < -0.3 is 0 Å². The van der Waals surface area contributed by atoms with Crippen LogP contribution in [0.5, 0.6) is 0 Å². The van der Waals surface area contributed by atoms with Gasteiger partial charge in [0.15, 0.2) is 0 Å². The molecule has 2 aliphatic rings. The Balaban J connectivity index is 1.58. The molecule has 2 aromatic carbocycles. The summed E-state index contributed by atoms with van der Waals surface area (Å²) in [6.07, 6.45) is 9.64. The molecular formula is C21H21. The van der Waals surface area contributed by atoms with E-state index in [2.05, 4.69) is 61.5 Å². The zero-order valence-corrected chi connectivity index (χ0v) is 12.6. The Bertz CT molecular complexity index is 679. The summed E-state index contributed by atoms with van der Waals surface area (Å²) in [5, 5.41) is 0. The minimum atomic E-state index is 0.574. The van der Waals surface area contributed by atoms with Crippen molar-refractivity contribution in [3.05, 3.63) is 82.3 Å². The van der Waals surface area contributed by atoms with Crippen LogP contribution in [-0.2, 0) is 12.8 Å². The minimum Gasteiger partial charge on any atom is -0.0721 e. The van der Waals surface area contributed by atoms with Gasteiger partial charge in [-0.3, -0.25) is 0 Å². The second kappa shape index (κ2) is 5.18. The van der Waals surface area contributed by atoms with E-state index in [4.69, 9.17) is 0 Å². The number of fused-ring (bicyclic) bond motifs is 2. The Hall–Kier alpha value is -1.82. The van der Waals surface area contributed by atoms with Crippen molar-refractivity contribution in [3.63, 3.8) is 0 Å². The van der Waals surface area contributed by atoms with Gasteiger partial charge in [-0.1, -0.05) is 61.5 Å². The maximum Gasteiger partial charge on any atom is 0.0279 e. The minimum absolute atomic E-state index is 0.574. The Morgan fingerprint density at radius 2 is 1.71 bits per heavy atom. The molecule has 105 valence electrons. The van der Waals surface area contributed by atoms with E-state index in [9.17, 15) is 0 Å². The maximum atomic E-state index is 2.46. The topological polar surface area (TPSA) is 0 Å². The zero-order chi connectivity index (χ0) is 14.2.